The van der Waals surface area contributed by atoms with E-state index in [0.717, 1.165) is 40.4 Å². The van der Waals surface area contributed by atoms with Crippen LogP contribution in [0.2, 0.25) is 0 Å². The molecule has 8 heteroatoms. The molecule has 2 fully saturated rings. The van der Waals surface area contributed by atoms with Crippen LogP contribution in [0.25, 0.3) is 0 Å². The van der Waals surface area contributed by atoms with Crippen LogP contribution in [-0.2, 0) is 20.8 Å². The monoisotopic (exact) mass is 384 g/mol. The molecule has 0 unspecified atom stereocenters. The van der Waals surface area contributed by atoms with Crippen LogP contribution in [0.4, 0.5) is 16.2 Å². The number of anilines is 2. The molecule has 3 aliphatic rings. The second-order valence-electron chi connectivity index (χ2n) is 7.76. The summed E-state index contributed by atoms with van der Waals surface area (Å²) >= 11 is 0. The van der Waals surface area contributed by atoms with E-state index in [-0.39, 0.29) is 18.4 Å². The standard InChI is InChI=1S/C20H24N4O4/c1-4-16(25)21-13-7-8-14-12(10-13)11-20(15-6-5-9-24(14)15)17(26)22(2)19(28)23(3)18(20)27/h7-8,10,15H,4-6,9,11H2,1-3H3,(H,21,25)/t15-/m0/s1. The molecule has 148 valence electrons. The molecule has 8 nitrogen and oxygen atoms in total. The number of urea groups is 1. The Labute approximate surface area is 163 Å². The zero-order chi connectivity index (χ0) is 20.2. The van der Waals surface area contributed by atoms with Crippen LogP contribution in [0, 0.1) is 5.41 Å². The molecule has 1 atom stereocenters. The Bertz CT molecular complexity index is 872. The second kappa shape index (κ2) is 6.32. The number of rotatable bonds is 2. The molecule has 4 rings (SSSR count). The number of amides is 5. The summed E-state index contributed by atoms with van der Waals surface area (Å²) in [6, 6.07) is 4.78. The van der Waals surface area contributed by atoms with E-state index in [0.29, 0.717) is 12.1 Å². The first-order valence-corrected chi connectivity index (χ1v) is 9.61. The van der Waals surface area contributed by atoms with Crippen LogP contribution in [0.5, 0.6) is 0 Å². The Morgan fingerprint density at radius 2 is 1.86 bits per heavy atom. The third-order valence-corrected chi connectivity index (χ3v) is 6.23. The second-order valence-corrected chi connectivity index (χ2v) is 7.76. The van der Waals surface area contributed by atoms with Crippen molar-refractivity contribution in [2.45, 2.75) is 38.6 Å². The molecule has 1 N–H and O–H groups in total. The number of hydrogen-bond acceptors (Lipinski definition) is 5. The summed E-state index contributed by atoms with van der Waals surface area (Å²) in [7, 11) is 2.87. The summed E-state index contributed by atoms with van der Waals surface area (Å²) in [6.45, 7) is 2.53. The van der Waals surface area contributed by atoms with Gasteiger partial charge in [-0.2, -0.15) is 0 Å². The summed E-state index contributed by atoms with van der Waals surface area (Å²) < 4.78 is 0. The molecule has 0 aromatic heterocycles. The van der Waals surface area contributed by atoms with E-state index >= 15 is 0 Å². The lowest BCUT2D eigenvalue weighted by atomic mass is 9.68. The number of fused-ring (bicyclic) bond motifs is 4. The number of carbonyl (C=O) groups excluding carboxylic acids is 4. The number of barbiturate groups is 1. The average Bonchev–Trinajstić information content (AvgIpc) is 3.19. The maximum Gasteiger partial charge on any atom is 0.332 e. The van der Waals surface area contributed by atoms with Crippen LogP contribution < -0.4 is 10.2 Å². The van der Waals surface area contributed by atoms with Crippen molar-refractivity contribution in [1.29, 1.82) is 0 Å². The minimum atomic E-state index is -1.31. The molecule has 1 aromatic rings. The zero-order valence-electron chi connectivity index (χ0n) is 16.3. The molecule has 0 saturated carbocycles. The van der Waals surface area contributed by atoms with Gasteiger partial charge in [0.25, 0.3) is 0 Å². The quantitative estimate of drug-likeness (QED) is 0.782. The summed E-state index contributed by atoms with van der Waals surface area (Å²) in [5.41, 5.74) is 1.16. The van der Waals surface area contributed by atoms with Gasteiger partial charge < -0.3 is 10.2 Å². The van der Waals surface area contributed by atoms with Gasteiger partial charge in [0, 0.05) is 38.4 Å². The molecule has 0 bridgehead atoms. The molecule has 3 heterocycles. The Hall–Kier alpha value is -2.90. The first-order valence-electron chi connectivity index (χ1n) is 9.61. The van der Waals surface area contributed by atoms with Crippen molar-refractivity contribution < 1.29 is 19.2 Å². The first-order chi connectivity index (χ1) is 13.3. The Balaban J connectivity index is 1.82. The number of benzene rings is 1. The molecular formula is C20H24N4O4. The fraction of sp³-hybridized carbons (Fsp3) is 0.500. The average molecular weight is 384 g/mol. The molecule has 5 amide bonds. The summed E-state index contributed by atoms with van der Waals surface area (Å²) in [6.07, 6.45) is 2.19. The normalized spacial score (nSPS) is 23.2. The maximum atomic E-state index is 13.3. The predicted molar refractivity (Wildman–Crippen MR) is 103 cm³/mol. The van der Waals surface area contributed by atoms with Crippen molar-refractivity contribution in [3.8, 4) is 0 Å². The van der Waals surface area contributed by atoms with Crippen molar-refractivity contribution >= 4 is 35.1 Å². The van der Waals surface area contributed by atoms with E-state index in [1.165, 1.54) is 14.1 Å². The number of carbonyl (C=O) groups is 4. The van der Waals surface area contributed by atoms with Crippen LogP contribution in [0.3, 0.4) is 0 Å². The highest BCUT2D eigenvalue weighted by Crippen LogP contribution is 2.49. The van der Waals surface area contributed by atoms with Gasteiger partial charge in [0.2, 0.25) is 17.7 Å². The van der Waals surface area contributed by atoms with E-state index in [2.05, 4.69) is 10.2 Å². The van der Waals surface area contributed by atoms with Gasteiger partial charge in [0.1, 0.15) is 0 Å². The highest BCUT2D eigenvalue weighted by Gasteiger charge is 2.63. The number of nitrogens with one attached hydrogen (secondary N) is 1. The van der Waals surface area contributed by atoms with Gasteiger partial charge in [-0.25, -0.2) is 4.79 Å². The lowest BCUT2D eigenvalue weighted by Gasteiger charge is -2.50. The molecular weight excluding hydrogens is 360 g/mol. The Morgan fingerprint density at radius 1 is 1.18 bits per heavy atom. The SMILES string of the molecule is CCC(=O)Nc1ccc2c(c1)CC1(C(=O)N(C)C(=O)N(C)C1=O)[C@@H]1CCCN21. The Morgan fingerprint density at radius 3 is 2.50 bits per heavy atom. The van der Waals surface area contributed by atoms with Gasteiger partial charge in [0.05, 0.1) is 6.04 Å². The lowest BCUT2D eigenvalue weighted by molar-refractivity contribution is -0.159. The van der Waals surface area contributed by atoms with Crippen LogP contribution >= 0.6 is 0 Å². The molecule has 0 aliphatic carbocycles. The van der Waals surface area contributed by atoms with E-state index in [1.54, 1.807) is 6.92 Å². The van der Waals surface area contributed by atoms with Crippen molar-refractivity contribution in [3.05, 3.63) is 23.8 Å². The molecule has 1 aromatic carbocycles. The minimum absolute atomic E-state index is 0.0978. The van der Waals surface area contributed by atoms with Crippen LogP contribution in [-0.4, -0.2) is 60.2 Å². The maximum absolute atomic E-state index is 13.3. The third-order valence-electron chi connectivity index (χ3n) is 6.23. The summed E-state index contributed by atoms with van der Waals surface area (Å²) in [5.74, 6) is -0.975. The lowest BCUT2D eigenvalue weighted by Crippen LogP contribution is -2.70. The number of hydrogen-bond donors (Lipinski definition) is 1. The van der Waals surface area contributed by atoms with E-state index in [4.69, 9.17) is 0 Å². The molecule has 1 spiro atoms. The summed E-state index contributed by atoms with van der Waals surface area (Å²) in [5, 5.41) is 2.84. The Kier molecular flexibility index (Phi) is 4.17. The number of imide groups is 2. The van der Waals surface area contributed by atoms with Crippen molar-refractivity contribution in [3.63, 3.8) is 0 Å². The van der Waals surface area contributed by atoms with Crippen LogP contribution in [0.1, 0.15) is 31.7 Å². The molecule has 2 saturated heterocycles. The van der Waals surface area contributed by atoms with Crippen molar-refractivity contribution in [1.82, 2.24) is 9.80 Å². The zero-order valence-corrected chi connectivity index (χ0v) is 16.3. The van der Waals surface area contributed by atoms with E-state index in [1.807, 2.05) is 18.2 Å². The molecule has 28 heavy (non-hydrogen) atoms. The smallest absolute Gasteiger partial charge is 0.332 e. The number of nitrogens with zero attached hydrogens (tertiary/aromatic N) is 3. The largest absolute Gasteiger partial charge is 0.367 e. The van der Waals surface area contributed by atoms with Gasteiger partial charge in [-0.3, -0.25) is 24.2 Å². The fourth-order valence-corrected chi connectivity index (χ4v) is 4.85. The van der Waals surface area contributed by atoms with Gasteiger partial charge in [0.15, 0.2) is 5.41 Å². The first kappa shape index (κ1) is 18.5. The highest BCUT2D eigenvalue weighted by molar-refractivity contribution is 6.20. The molecule has 0 radical (unpaired) electrons. The summed E-state index contributed by atoms with van der Waals surface area (Å²) in [4.78, 5) is 54.9. The minimum Gasteiger partial charge on any atom is -0.367 e. The van der Waals surface area contributed by atoms with Gasteiger partial charge in [-0.05, 0) is 43.0 Å². The predicted octanol–water partition coefficient (Wildman–Crippen LogP) is 1.60. The topological polar surface area (TPSA) is 90.0 Å². The van der Waals surface area contributed by atoms with E-state index in [9.17, 15) is 19.2 Å². The molecule has 3 aliphatic heterocycles. The van der Waals surface area contributed by atoms with Gasteiger partial charge >= 0.3 is 6.03 Å². The van der Waals surface area contributed by atoms with Crippen molar-refractivity contribution in [2.75, 3.05) is 30.9 Å². The van der Waals surface area contributed by atoms with E-state index < -0.39 is 23.3 Å². The third kappa shape index (κ3) is 2.36. The van der Waals surface area contributed by atoms with Gasteiger partial charge in [-0.15, -0.1) is 0 Å². The van der Waals surface area contributed by atoms with Crippen molar-refractivity contribution in [2.24, 2.45) is 5.41 Å². The van der Waals surface area contributed by atoms with Crippen LogP contribution in [0.15, 0.2) is 18.2 Å². The highest BCUT2D eigenvalue weighted by atomic mass is 16.2. The fourth-order valence-electron chi connectivity index (χ4n) is 4.85. The van der Waals surface area contributed by atoms with Gasteiger partial charge in [-0.1, -0.05) is 6.92 Å².